The predicted molar refractivity (Wildman–Crippen MR) is 69.5 cm³/mol. The van der Waals surface area contributed by atoms with Crippen molar-refractivity contribution in [2.24, 2.45) is 0 Å². The highest BCUT2D eigenvalue weighted by molar-refractivity contribution is 5.27. The molecule has 0 aliphatic carbocycles. The minimum absolute atomic E-state index is 0.201. The maximum atomic E-state index is 12.4. The molecule has 0 saturated carbocycles. The first-order valence-electron chi connectivity index (χ1n) is 6.64. The van der Waals surface area contributed by atoms with Gasteiger partial charge in [-0.05, 0) is 32.0 Å². The molecule has 112 valence electrons. The van der Waals surface area contributed by atoms with Gasteiger partial charge in [0.2, 0.25) is 0 Å². The third-order valence-corrected chi connectivity index (χ3v) is 3.39. The number of hydrogen-bond donors (Lipinski definition) is 0. The maximum Gasteiger partial charge on any atom is 0.401 e. The molecule has 1 aliphatic rings. The van der Waals surface area contributed by atoms with Gasteiger partial charge in [0.05, 0.1) is 18.8 Å². The molecule has 1 saturated heterocycles. The molecule has 1 unspecified atom stereocenters. The number of halogens is 3. The Morgan fingerprint density at radius 3 is 2.75 bits per heavy atom. The van der Waals surface area contributed by atoms with Crippen molar-refractivity contribution >= 4 is 0 Å². The van der Waals surface area contributed by atoms with Crippen LogP contribution in [0, 0.1) is 6.92 Å². The largest absolute Gasteiger partial charge is 0.401 e. The summed E-state index contributed by atoms with van der Waals surface area (Å²) in [7, 11) is 1.46. The molecule has 0 spiro atoms. The minimum atomic E-state index is -4.19. The Bertz CT molecular complexity index is 456. The monoisotopic (exact) mass is 288 g/mol. The molecule has 20 heavy (non-hydrogen) atoms. The predicted octanol–water partition coefficient (Wildman–Crippen LogP) is 2.89. The lowest BCUT2D eigenvalue weighted by atomic mass is 9.96. The summed E-state index contributed by atoms with van der Waals surface area (Å²) < 4.78 is 42.6. The van der Waals surface area contributed by atoms with Crippen LogP contribution in [0.4, 0.5) is 13.2 Å². The number of aryl methyl sites for hydroxylation is 1. The Kier molecular flexibility index (Phi) is 4.65. The molecule has 3 nitrogen and oxygen atoms in total. The van der Waals surface area contributed by atoms with Crippen LogP contribution in [0.15, 0.2) is 12.1 Å². The topological polar surface area (TPSA) is 25.4 Å². The first kappa shape index (κ1) is 15.3. The Morgan fingerprint density at radius 2 is 2.15 bits per heavy atom. The number of alkyl halides is 3. The second-order valence-corrected chi connectivity index (χ2v) is 5.34. The Balaban J connectivity index is 2.14. The van der Waals surface area contributed by atoms with Gasteiger partial charge in [-0.3, -0.25) is 9.88 Å². The minimum Gasteiger partial charge on any atom is -0.381 e. The van der Waals surface area contributed by atoms with Crippen molar-refractivity contribution in [3.05, 3.63) is 29.1 Å². The molecule has 2 rings (SSSR count). The quantitative estimate of drug-likeness (QED) is 0.852. The lowest BCUT2D eigenvalue weighted by Crippen LogP contribution is -2.31. The van der Waals surface area contributed by atoms with Crippen LogP contribution >= 0.6 is 0 Å². The van der Waals surface area contributed by atoms with Gasteiger partial charge in [-0.15, -0.1) is 0 Å². The summed E-state index contributed by atoms with van der Waals surface area (Å²) in [6.07, 6.45) is -3.28. The standard InChI is InChI=1S/C14H19F3N2O/c1-10-3-4-12(11-5-6-20-8-11)13(18-10)7-19(2)9-14(15,16)17/h3-4,11H,5-9H2,1-2H3. The van der Waals surface area contributed by atoms with E-state index >= 15 is 0 Å². The van der Waals surface area contributed by atoms with E-state index in [-0.39, 0.29) is 12.5 Å². The van der Waals surface area contributed by atoms with Gasteiger partial charge in [-0.2, -0.15) is 13.2 Å². The van der Waals surface area contributed by atoms with Gasteiger partial charge in [-0.1, -0.05) is 6.07 Å². The van der Waals surface area contributed by atoms with Crippen LogP contribution in [0.25, 0.3) is 0 Å². The van der Waals surface area contributed by atoms with E-state index in [4.69, 9.17) is 4.74 Å². The van der Waals surface area contributed by atoms with Crippen LogP contribution in [0.2, 0.25) is 0 Å². The zero-order valence-electron chi connectivity index (χ0n) is 11.7. The zero-order chi connectivity index (χ0) is 14.8. The van der Waals surface area contributed by atoms with E-state index in [2.05, 4.69) is 4.98 Å². The zero-order valence-corrected chi connectivity index (χ0v) is 11.7. The van der Waals surface area contributed by atoms with Gasteiger partial charge in [0.1, 0.15) is 0 Å². The number of hydrogen-bond acceptors (Lipinski definition) is 3. The van der Waals surface area contributed by atoms with Crippen molar-refractivity contribution in [1.82, 2.24) is 9.88 Å². The van der Waals surface area contributed by atoms with Crippen LogP contribution in [0.5, 0.6) is 0 Å². The van der Waals surface area contributed by atoms with Gasteiger partial charge >= 0.3 is 6.18 Å². The molecule has 1 aromatic rings. The number of nitrogens with zero attached hydrogens (tertiary/aromatic N) is 2. The third-order valence-electron chi connectivity index (χ3n) is 3.39. The molecular formula is C14H19F3N2O. The highest BCUT2D eigenvalue weighted by Gasteiger charge is 2.30. The van der Waals surface area contributed by atoms with Crippen LogP contribution in [0.3, 0.4) is 0 Å². The van der Waals surface area contributed by atoms with Crippen LogP contribution in [0.1, 0.15) is 29.3 Å². The van der Waals surface area contributed by atoms with E-state index in [1.807, 2.05) is 19.1 Å². The second-order valence-electron chi connectivity index (χ2n) is 5.34. The summed E-state index contributed by atoms with van der Waals surface area (Å²) in [5.41, 5.74) is 2.57. The van der Waals surface area contributed by atoms with Gasteiger partial charge in [0.25, 0.3) is 0 Å². The van der Waals surface area contributed by atoms with Gasteiger partial charge < -0.3 is 4.74 Å². The Labute approximate surface area is 116 Å². The summed E-state index contributed by atoms with van der Waals surface area (Å²) in [5, 5.41) is 0. The smallest absolute Gasteiger partial charge is 0.381 e. The lowest BCUT2D eigenvalue weighted by molar-refractivity contribution is -0.144. The molecular weight excluding hydrogens is 269 g/mol. The highest BCUT2D eigenvalue weighted by Crippen LogP contribution is 2.28. The first-order valence-corrected chi connectivity index (χ1v) is 6.64. The fourth-order valence-electron chi connectivity index (χ4n) is 2.52. The highest BCUT2D eigenvalue weighted by atomic mass is 19.4. The molecule has 0 N–H and O–H groups in total. The van der Waals surface area contributed by atoms with E-state index in [0.29, 0.717) is 13.2 Å². The molecule has 6 heteroatoms. The van der Waals surface area contributed by atoms with E-state index in [0.717, 1.165) is 23.4 Å². The molecule has 1 aliphatic heterocycles. The summed E-state index contributed by atoms with van der Waals surface area (Å²) in [6, 6.07) is 3.87. The average molecular weight is 288 g/mol. The second kappa shape index (κ2) is 6.10. The SMILES string of the molecule is Cc1ccc(C2CCOC2)c(CN(C)CC(F)(F)F)n1. The van der Waals surface area contributed by atoms with E-state index in [1.165, 1.54) is 11.9 Å². The summed E-state index contributed by atoms with van der Waals surface area (Å²) >= 11 is 0. The summed E-state index contributed by atoms with van der Waals surface area (Å²) in [4.78, 5) is 5.67. The average Bonchev–Trinajstić information content (AvgIpc) is 2.79. The van der Waals surface area contributed by atoms with Crippen LogP contribution in [-0.2, 0) is 11.3 Å². The van der Waals surface area contributed by atoms with E-state index < -0.39 is 12.7 Å². The van der Waals surface area contributed by atoms with E-state index in [1.54, 1.807) is 0 Å². The number of ether oxygens (including phenoxy) is 1. The molecule has 2 heterocycles. The molecule has 0 radical (unpaired) electrons. The van der Waals surface area contributed by atoms with Crippen LogP contribution in [-0.4, -0.2) is 42.9 Å². The molecule has 0 bridgehead atoms. The fraction of sp³-hybridized carbons (Fsp3) is 0.643. The van der Waals surface area contributed by atoms with Crippen molar-refractivity contribution in [2.75, 3.05) is 26.8 Å². The lowest BCUT2D eigenvalue weighted by Gasteiger charge is -2.21. The normalized spacial score (nSPS) is 19.8. The van der Waals surface area contributed by atoms with Gasteiger partial charge in [0, 0.05) is 24.8 Å². The maximum absolute atomic E-state index is 12.4. The Hall–Kier alpha value is -1.14. The molecule has 1 aromatic heterocycles. The van der Waals surface area contributed by atoms with Crippen molar-refractivity contribution < 1.29 is 17.9 Å². The van der Waals surface area contributed by atoms with Gasteiger partial charge in [0.15, 0.2) is 0 Å². The molecule has 1 fully saturated rings. The van der Waals surface area contributed by atoms with Crippen molar-refractivity contribution in [2.45, 2.75) is 32.0 Å². The molecule has 1 atom stereocenters. The van der Waals surface area contributed by atoms with Crippen molar-refractivity contribution in [3.63, 3.8) is 0 Å². The summed E-state index contributed by atoms with van der Waals surface area (Å²) in [5.74, 6) is 0.248. The van der Waals surface area contributed by atoms with E-state index in [9.17, 15) is 13.2 Å². The Morgan fingerprint density at radius 1 is 1.40 bits per heavy atom. The first-order chi connectivity index (χ1) is 9.35. The molecule has 0 amide bonds. The van der Waals surface area contributed by atoms with Gasteiger partial charge in [-0.25, -0.2) is 0 Å². The number of aromatic nitrogens is 1. The van der Waals surface area contributed by atoms with Crippen LogP contribution < -0.4 is 0 Å². The number of pyridine rings is 1. The van der Waals surface area contributed by atoms with Crippen molar-refractivity contribution in [3.8, 4) is 0 Å². The van der Waals surface area contributed by atoms with Crippen molar-refractivity contribution in [1.29, 1.82) is 0 Å². The summed E-state index contributed by atoms with van der Waals surface area (Å²) in [6.45, 7) is 2.45. The fourth-order valence-corrected chi connectivity index (χ4v) is 2.52. The molecule has 0 aromatic carbocycles. The third kappa shape index (κ3) is 4.18. The number of rotatable bonds is 4.